The van der Waals surface area contributed by atoms with E-state index < -0.39 is 0 Å². The first-order valence-electron chi connectivity index (χ1n) is 7.92. The highest BCUT2D eigenvalue weighted by Crippen LogP contribution is 2.34. The van der Waals surface area contributed by atoms with Crippen LogP contribution < -0.4 is 11.3 Å². The fourth-order valence-corrected chi connectivity index (χ4v) is 4.44. The zero-order valence-corrected chi connectivity index (χ0v) is 13.5. The van der Waals surface area contributed by atoms with Crippen molar-refractivity contribution in [3.63, 3.8) is 0 Å². The first-order valence-corrected chi connectivity index (χ1v) is 8.73. The van der Waals surface area contributed by atoms with E-state index in [1.807, 2.05) is 23.7 Å². The van der Waals surface area contributed by atoms with Crippen molar-refractivity contribution >= 4 is 11.3 Å². The lowest BCUT2D eigenvalue weighted by atomic mass is 10.1. The van der Waals surface area contributed by atoms with Crippen molar-refractivity contribution < 1.29 is 0 Å². The molecule has 3 rings (SSSR count). The zero-order chi connectivity index (χ0) is 14.7. The molecule has 4 nitrogen and oxygen atoms in total. The summed E-state index contributed by atoms with van der Waals surface area (Å²) in [5, 5.41) is 0. The highest BCUT2D eigenvalue weighted by Gasteiger charge is 2.22. The SMILES string of the molecule is CCCn1ccnc1C(NN)c1cc2c(s1)CCCCC2. The number of hydrazine groups is 1. The predicted octanol–water partition coefficient (Wildman–Crippen LogP) is 3.18. The van der Waals surface area contributed by atoms with Gasteiger partial charge in [-0.15, -0.1) is 11.3 Å². The Morgan fingerprint density at radius 3 is 3.05 bits per heavy atom. The number of hydrogen-bond donors (Lipinski definition) is 2. The monoisotopic (exact) mass is 304 g/mol. The van der Waals surface area contributed by atoms with Crippen LogP contribution in [-0.2, 0) is 19.4 Å². The summed E-state index contributed by atoms with van der Waals surface area (Å²) in [5.41, 5.74) is 4.50. The summed E-state index contributed by atoms with van der Waals surface area (Å²) in [6.07, 6.45) is 11.4. The van der Waals surface area contributed by atoms with Crippen LogP contribution in [0, 0.1) is 0 Å². The summed E-state index contributed by atoms with van der Waals surface area (Å²) in [5.74, 6) is 6.88. The Balaban J connectivity index is 1.91. The van der Waals surface area contributed by atoms with Gasteiger partial charge in [-0.3, -0.25) is 5.84 Å². The molecule has 114 valence electrons. The van der Waals surface area contributed by atoms with Crippen LogP contribution in [0.25, 0.3) is 0 Å². The lowest BCUT2D eigenvalue weighted by Crippen LogP contribution is -2.30. The summed E-state index contributed by atoms with van der Waals surface area (Å²) >= 11 is 1.91. The van der Waals surface area contributed by atoms with Crippen molar-refractivity contribution in [3.05, 3.63) is 39.6 Å². The van der Waals surface area contributed by atoms with Gasteiger partial charge in [0.15, 0.2) is 0 Å². The number of nitrogens with one attached hydrogen (secondary N) is 1. The summed E-state index contributed by atoms with van der Waals surface area (Å²) in [4.78, 5) is 7.39. The van der Waals surface area contributed by atoms with Crippen LogP contribution in [0.1, 0.15) is 59.8 Å². The first kappa shape index (κ1) is 14.8. The molecule has 1 aliphatic carbocycles. The van der Waals surface area contributed by atoms with E-state index in [2.05, 4.69) is 28.0 Å². The van der Waals surface area contributed by atoms with Crippen molar-refractivity contribution in [1.29, 1.82) is 0 Å². The molecular formula is C16H24N4S. The third-order valence-corrected chi connectivity index (χ3v) is 5.49. The maximum Gasteiger partial charge on any atom is 0.132 e. The van der Waals surface area contributed by atoms with Gasteiger partial charge in [0.25, 0.3) is 0 Å². The van der Waals surface area contributed by atoms with Gasteiger partial charge in [-0.25, -0.2) is 10.4 Å². The maximum atomic E-state index is 5.85. The van der Waals surface area contributed by atoms with Gasteiger partial charge in [-0.05, 0) is 43.7 Å². The molecule has 2 aromatic rings. The largest absolute Gasteiger partial charge is 0.333 e. The zero-order valence-electron chi connectivity index (χ0n) is 12.6. The Morgan fingerprint density at radius 2 is 2.24 bits per heavy atom. The van der Waals surface area contributed by atoms with Gasteiger partial charge in [0.2, 0.25) is 0 Å². The van der Waals surface area contributed by atoms with Crippen molar-refractivity contribution in [2.75, 3.05) is 0 Å². The topological polar surface area (TPSA) is 55.9 Å². The Labute approximate surface area is 130 Å². The van der Waals surface area contributed by atoms with E-state index in [4.69, 9.17) is 5.84 Å². The molecule has 1 unspecified atom stereocenters. The molecule has 0 saturated carbocycles. The molecule has 0 bridgehead atoms. The minimum Gasteiger partial charge on any atom is -0.333 e. The quantitative estimate of drug-likeness (QED) is 0.507. The highest BCUT2D eigenvalue weighted by atomic mass is 32.1. The van der Waals surface area contributed by atoms with Gasteiger partial charge in [-0.1, -0.05) is 13.3 Å². The van der Waals surface area contributed by atoms with Crippen molar-refractivity contribution in [1.82, 2.24) is 15.0 Å². The second-order valence-electron chi connectivity index (χ2n) is 5.74. The molecule has 0 spiro atoms. The smallest absolute Gasteiger partial charge is 0.132 e. The lowest BCUT2D eigenvalue weighted by Gasteiger charge is -2.16. The molecule has 2 heterocycles. The van der Waals surface area contributed by atoms with Crippen molar-refractivity contribution in [2.45, 2.75) is 58.0 Å². The third-order valence-electron chi connectivity index (χ3n) is 4.19. The summed E-state index contributed by atoms with van der Waals surface area (Å²) in [7, 11) is 0. The Morgan fingerprint density at radius 1 is 1.38 bits per heavy atom. The fourth-order valence-electron chi connectivity index (χ4n) is 3.13. The fraction of sp³-hybridized carbons (Fsp3) is 0.562. The van der Waals surface area contributed by atoms with E-state index in [0.717, 1.165) is 18.8 Å². The molecule has 0 aliphatic heterocycles. The molecule has 5 heteroatoms. The number of aryl methyl sites for hydroxylation is 3. The normalized spacial score (nSPS) is 16.5. The van der Waals surface area contributed by atoms with Crippen molar-refractivity contribution in [2.24, 2.45) is 5.84 Å². The molecule has 0 amide bonds. The van der Waals surface area contributed by atoms with Gasteiger partial charge in [0, 0.05) is 28.7 Å². The van der Waals surface area contributed by atoms with Gasteiger partial charge >= 0.3 is 0 Å². The first-order chi connectivity index (χ1) is 10.3. The lowest BCUT2D eigenvalue weighted by molar-refractivity contribution is 0.550. The standard InChI is InChI=1S/C16H24N4S/c1-2-9-20-10-8-18-16(20)15(19-17)14-11-12-6-4-3-5-7-13(12)21-14/h8,10-11,15,19H,2-7,9,17H2,1H3. The number of nitrogens with zero attached hydrogens (tertiary/aromatic N) is 2. The molecule has 1 aliphatic rings. The van der Waals surface area contributed by atoms with Crippen LogP contribution in [0.3, 0.4) is 0 Å². The summed E-state index contributed by atoms with van der Waals surface area (Å²) < 4.78 is 2.20. The van der Waals surface area contributed by atoms with E-state index in [1.165, 1.54) is 42.5 Å². The number of fused-ring (bicyclic) bond motifs is 1. The van der Waals surface area contributed by atoms with E-state index in [1.54, 1.807) is 4.88 Å². The number of nitrogens with two attached hydrogens (primary N) is 1. The van der Waals surface area contributed by atoms with E-state index in [0.29, 0.717) is 0 Å². The maximum absolute atomic E-state index is 5.85. The number of rotatable bonds is 5. The highest BCUT2D eigenvalue weighted by molar-refractivity contribution is 7.12. The van der Waals surface area contributed by atoms with Crippen molar-refractivity contribution in [3.8, 4) is 0 Å². The Kier molecular flexibility index (Phi) is 4.73. The minimum atomic E-state index is 0.00322. The van der Waals surface area contributed by atoms with Crippen LogP contribution >= 0.6 is 11.3 Å². The molecule has 0 radical (unpaired) electrons. The molecule has 1 atom stereocenters. The molecule has 0 saturated heterocycles. The van der Waals surface area contributed by atoms with Gasteiger partial charge in [0.1, 0.15) is 11.9 Å². The van der Waals surface area contributed by atoms with Crippen LogP contribution in [0.15, 0.2) is 18.5 Å². The van der Waals surface area contributed by atoms with Gasteiger partial charge in [-0.2, -0.15) is 0 Å². The number of aromatic nitrogens is 2. The number of hydrogen-bond acceptors (Lipinski definition) is 4. The van der Waals surface area contributed by atoms with E-state index in [9.17, 15) is 0 Å². The molecule has 0 aromatic carbocycles. The van der Waals surface area contributed by atoms with Gasteiger partial charge in [0.05, 0.1) is 0 Å². The van der Waals surface area contributed by atoms with Gasteiger partial charge < -0.3 is 4.57 Å². The molecule has 0 fully saturated rings. The molecule has 3 N–H and O–H groups in total. The number of thiophene rings is 1. The molecular weight excluding hydrogens is 280 g/mol. The molecule has 21 heavy (non-hydrogen) atoms. The van der Waals surface area contributed by atoms with E-state index >= 15 is 0 Å². The van der Waals surface area contributed by atoms with Crippen LogP contribution in [0.5, 0.6) is 0 Å². The third kappa shape index (κ3) is 3.05. The average Bonchev–Trinajstić information content (AvgIpc) is 3.03. The summed E-state index contributed by atoms with van der Waals surface area (Å²) in [6, 6.07) is 2.35. The second kappa shape index (κ2) is 6.73. The predicted molar refractivity (Wildman–Crippen MR) is 87.3 cm³/mol. The molecule has 2 aromatic heterocycles. The average molecular weight is 304 g/mol. The van der Waals surface area contributed by atoms with E-state index in [-0.39, 0.29) is 6.04 Å². The van der Waals surface area contributed by atoms with Crippen LogP contribution in [0.4, 0.5) is 0 Å². The minimum absolute atomic E-state index is 0.00322. The summed E-state index contributed by atoms with van der Waals surface area (Å²) in [6.45, 7) is 3.17. The van der Waals surface area contributed by atoms with Crippen LogP contribution in [0.2, 0.25) is 0 Å². The second-order valence-corrected chi connectivity index (χ2v) is 6.90. The Bertz CT molecular complexity index is 563. The van der Waals surface area contributed by atoms with Crippen LogP contribution in [-0.4, -0.2) is 9.55 Å². The number of imidazole rings is 1. The Hall–Kier alpha value is -1.17.